The van der Waals surface area contributed by atoms with Crippen LogP contribution in [0.1, 0.15) is 35.5 Å². The van der Waals surface area contributed by atoms with E-state index in [-0.39, 0.29) is 11.8 Å². The number of aromatic nitrogens is 3. The van der Waals surface area contributed by atoms with Gasteiger partial charge < -0.3 is 9.88 Å². The van der Waals surface area contributed by atoms with Crippen LogP contribution in [0.15, 0.2) is 66.2 Å². The zero-order chi connectivity index (χ0) is 20.1. The van der Waals surface area contributed by atoms with E-state index in [0.717, 1.165) is 23.5 Å². The van der Waals surface area contributed by atoms with Crippen LogP contribution < -0.4 is 5.32 Å². The fourth-order valence-electron chi connectivity index (χ4n) is 3.40. The molecule has 0 radical (unpaired) electrons. The van der Waals surface area contributed by atoms with Crippen molar-refractivity contribution in [3.63, 3.8) is 0 Å². The SMILES string of the molecule is CC(CNC(=O)CCc1nc2cccnc2n1Cc1cccs1)c1ccccc1. The van der Waals surface area contributed by atoms with Crippen LogP contribution in [-0.4, -0.2) is 27.0 Å². The van der Waals surface area contributed by atoms with Crippen LogP contribution in [0.2, 0.25) is 0 Å². The van der Waals surface area contributed by atoms with Crippen molar-refractivity contribution >= 4 is 28.4 Å². The smallest absolute Gasteiger partial charge is 0.220 e. The molecule has 4 rings (SSSR count). The number of carbonyl (C=O) groups excluding carboxylic acids is 1. The summed E-state index contributed by atoms with van der Waals surface area (Å²) in [5.74, 6) is 1.24. The van der Waals surface area contributed by atoms with E-state index in [1.54, 1.807) is 17.5 Å². The van der Waals surface area contributed by atoms with E-state index in [1.165, 1.54) is 10.4 Å². The Morgan fingerprint density at radius 2 is 2.00 bits per heavy atom. The molecule has 4 aromatic rings. The molecule has 3 aromatic heterocycles. The van der Waals surface area contributed by atoms with Gasteiger partial charge in [-0.25, -0.2) is 9.97 Å². The summed E-state index contributed by atoms with van der Waals surface area (Å²) in [5.41, 5.74) is 2.97. The fraction of sp³-hybridized carbons (Fsp3) is 0.261. The second-order valence-corrected chi connectivity index (χ2v) is 8.19. The van der Waals surface area contributed by atoms with Crippen LogP contribution in [-0.2, 0) is 17.8 Å². The molecule has 148 valence electrons. The predicted octanol–water partition coefficient (Wildman–Crippen LogP) is 4.39. The lowest BCUT2D eigenvalue weighted by molar-refractivity contribution is -0.121. The monoisotopic (exact) mass is 404 g/mol. The average Bonchev–Trinajstić information content (AvgIpc) is 3.39. The third-order valence-corrected chi connectivity index (χ3v) is 5.89. The van der Waals surface area contributed by atoms with Gasteiger partial charge in [-0.15, -0.1) is 11.3 Å². The maximum atomic E-state index is 12.4. The maximum Gasteiger partial charge on any atom is 0.220 e. The molecule has 29 heavy (non-hydrogen) atoms. The Kier molecular flexibility index (Phi) is 6.00. The Balaban J connectivity index is 1.40. The molecule has 1 aromatic carbocycles. The molecule has 1 amide bonds. The molecule has 0 bridgehead atoms. The Morgan fingerprint density at radius 1 is 1.14 bits per heavy atom. The first-order valence-corrected chi connectivity index (χ1v) is 10.7. The van der Waals surface area contributed by atoms with Gasteiger partial charge in [-0.3, -0.25) is 4.79 Å². The maximum absolute atomic E-state index is 12.4. The number of rotatable bonds is 8. The number of imidazole rings is 1. The van der Waals surface area contributed by atoms with Crippen LogP contribution in [0.4, 0.5) is 0 Å². The van der Waals surface area contributed by atoms with E-state index in [4.69, 9.17) is 4.98 Å². The number of pyridine rings is 1. The minimum Gasteiger partial charge on any atom is -0.355 e. The fourth-order valence-corrected chi connectivity index (χ4v) is 4.09. The summed E-state index contributed by atoms with van der Waals surface area (Å²) in [6.45, 7) is 3.49. The van der Waals surface area contributed by atoms with Gasteiger partial charge >= 0.3 is 0 Å². The number of hydrogen-bond donors (Lipinski definition) is 1. The first kappa shape index (κ1) is 19.3. The molecular weight excluding hydrogens is 380 g/mol. The lowest BCUT2D eigenvalue weighted by Crippen LogP contribution is -2.28. The van der Waals surface area contributed by atoms with Crippen molar-refractivity contribution in [2.24, 2.45) is 0 Å². The summed E-state index contributed by atoms with van der Waals surface area (Å²) in [6, 6.07) is 18.3. The number of nitrogens with zero attached hydrogens (tertiary/aromatic N) is 3. The highest BCUT2D eigenvalue weighted by molar-refractivity contribution is 7.09. The van der Waals surface area contributed by atoms with Crippen LogP contribution in [0, 0.1) is 0 Å². The molecule has 1 atom stereocenters. The van der Waals surface area contributed by atoms with Gasteiger partial charge in [0.05, 0.1) is 6.54 Å². The van der Waals surface area contributed by atoms with Gasteiger partial charge in [0, 0.05) is 30.5 Å². The summed E-state index contributed by atoms with van der Waals surface area (Å²) < 4.78 is 2.13. The molecule has 0 aliphatic heterocycles. The van der Waals surface area contributed by atoms with E-state index in [1.807, 2.05) is 36.4 Å². The highest BCUT2D eigenvalue weighted by atomic mass is 32.1. The van der Waals surface area contributed by atoms with E-state index in [0.29, 0.717) is 19.4 Å². The number of amides is 1. The van der Waals surface area contributed by atoms with E-state index in [9.17, 15) is 4.79 Å². The third-order valence-electron chi connectivity index (χ3n) is 5.03. The Labute approximate surface area is 174 Å². The minimum atomic E-state index is 0.0514. The quantitative estimate of drug-likeness (QED) is 0.474. The standard InChI is InChI=1S/C23H24N4OS/c1-17(18-7-3-2-4-8-18)15-25-22(28)12-11-21-26-20-10-5-13-24-23(20)27(21)16-19-9-6-14-29-19/h2-10,13-14,17H,11-12,15-16H2,1H3,(H,25,28). The topological polar surface area (TPSA) is 59.8 Å². The summed E-state index contributed by atoms with van der Waals surface area (Å²) >= 11 is 1.72. The van der Waals surface area contributed by atoms with E-state index < -0.39 is 0 Å². The number of fused-ring (bicyclic) bond motifs is 1. The Bertz CT molecular complexity index is 1070. The van der Waals surface area contributed by atoms with Crippen molar-refractivity contribution in [1.82, 2.24) is 19.9 Å². The highest BCUT2D eigenvalue weighted by Gasteiger charge is 2.14. The molecule has 0 saturated carbocycles. The van der Waals surface area contributed by atoms with Gasteiger partial charge in [0.25, 0.3) is 0 Å². The van der Waals surface area contributed by atoms with Crippen LogP contribution in [0.25, 0.3) is 11.2 Å². The number of benzene rings is 1. The Morgan fingerprint density at radius 3 is 2.79 bits per heavy atom. The van der Waals surface area contributed by atoms with Gasteiger partial charge in [0.2, 0.25) is 5.91 Å². The van der Waals surface area contributed by atoms with E-state index in [2.05, 4.69) is 45.4 Å². The summed E-state index contributed by atoms with van der Waals surface area (Å²) in [5, 5.41) is 5.13. The molecule has 0 aliphatic rings. The van der Waals surface area contributed by atoms with Crippen LogP contribution >= 0.6 is 11.3 Å². The lowest BCUT2D eigenvalue weighted by Gasteiger charge is -2.13. The largest absolute Gasteiger partial charge is 0.355 e. The van der Waals surface area contributed by atoms with Crippen molar-refractivity contribution < 1.29 is 4.79 Å². The molecule has 0 fully saturated rings. The first-order chi connectivity index (χ1) is 14.2. The molecule has 1 N–H and O–H groups in total. The van der Waals surface area contributed by atoms with Gasteiger partial charge in [-0.05, 0) is 35.1 Å². The van der Waals surface area contributed by atoms with Crippen molar-refractivity contribution in [3.05, 3.63) is 82.4 Å². The molecule has 1 unspecified atom stereocenters. The predicted molar refractivity (Wildman–Crippen MR) is 117 cm³/mol. The second kappa shape index (κ2) is 9.01. The second-order valence-electron chi connectivity index (χ2n) is 7.16. The van der Waals surface area contributed by atoms with Crippen molar-refractivity contribution in [2.75, 3.05) is 6.54 Å². The lowest BCUT2D eigenvalue weighted by atomic mass is 10.0. The zero-order valence-corrected chi connectivity index (χ0v) is 17.2. The average molecular weight is 405 g/mol. The molecular formula is C23H24N4OS. The summed E-state index contributed by atoms with van der Waals surface area (Å²) in [6.07, 6.45) is 2.79. The van der Waals surface area contributed by atoms with E-state index >= 15 is 0 Å². The highest BCUT2D eigenvalue weighted by Crippen LogP contribution is 2.19. The molecule has 0 spiro atoms. The summed E-state index contributed by atoms with van der Waals surface area (Å²) in [7, 11) is 0. The zero-order valence-electron chi connectivity index (χ0n) is 16.4. The normalized spacial score (nSPS) is 12.2. The number of aryl methyl sites for hydroxylation is 1. The Hall–Kier alpha value is -2.99. The van der Waals surface area contributed by atoms with Crippen LogP contribution in [0.3, 0.4) is 0 Å². The van der Waals surface area contributed by atoms with Gasteiger partial charge in [-0.1, -0.05) is 43.3 Å². The molecule has 3 heterocycles. The van der Waals surface area contributed by atoms with Gasteiger partial charge in [0.1, 0.15) is 11.3 Å². The summed E-state index contributed by atoms with van der Waals surface area (Å²) in [4.78, 5) is 22.9. The molecule has 5 nitrogen and oxygen atoms in total. The number of nitrogens with one attached hydrogen (secondary N) is 1. The van der Waals surface area contributed by atoms with Crippen LogP contribution in [0.5, 0.6) is 0 Å². The number of hydrogen-bond acceptors (Lipinski definition) is 4. The first-order valence-electron chi connectivity index (χ1n) is 9.85. The molecule has 0 aliphatic carbocycles. The van der Waals surface area contributed by atoms with Crippen molar-refractivity contribution in [3.8, 4) is 0 Å². The number of carbonyl (C=O) groups is 1. The van der Waals surface area contributed by atoms with Crippen molar-refractivity contribution in [2.45, 2.75) is 32.2 Å². The molecule has 0 saturated heterocycles. The minimum absolute atomic E-state index is 0.0514. The third kappa shape index (κ3) is 4.71. The van der Waals surface area contributed by atoms with Gasteiger partial charge in [-0.2, -0.15) is 0 Å². The van der Waals surface area contributed by atoms with Gasteiger partial charge in [0.15, 0.2) is 5.65 Å². The number of thiophene rings is 1. The molecule has 6 heteroatoms. The van der Waals surface area contributed by atoms with Crippen molar-refractivity contribution in [1.29, 1.82) is 0 Å².